The topological polar surface area (TPSA) is 57.5 Å². The first-order valence-electron chi connectivity index (χ1n) is 9.33. The van der Waals surface area contributed by atoms with E-state index in [1.807, 2.05) is 0 Å². The number of aromatic hydroxyl groups is 1. The van der Waals surface area contributed by atoms with Crippen LogP contribution in [-0.4, -0.2) is 16.2 Å². The lowest BCUT2D eigenvalue weighted by molar-refractivity contribution is 0.0693. The minimum absolute atomic E-state index is 0.0264. The van der Waals surface area contributed by atoms with Crippen molar-refractivity contribution in [2.75, 3.05) is 0 Å². The van der Waals surface area contributed by atoms with Gasteiger partial charge in [0.15, 0.2) is 0 Å². The maximum absolute atomic E-state index is 11.6. The summed E-state index contributed by atoms with van der Waals surface area (Å²) in [5.74, 6) is -0.472. The van der Waals surface area contributed by atoms with Crippen LogP contribution in [0.3, 0.4) is 0 Å². The molecule has 0 saturated heterocycles. The fourth-order valence-corrected chi connectivity index (χ4v) is 4.18. The Hall–Kier alpha value is -2.03. The van der Waals surface area contributed by atoms with E-state index in [0.29, 0.717) is 5.92 Å². The summed E-state index contributed by atoms with van der Waals surface area (Å²) < 4.78 is 0. The molecule has 0 radical (unpaired) electrons. The molecule has 0 heterocycles. The molecule has 2 aliphatic rings. The van der Waals surface area contributed by atoms with Gasteiger partial charge < -0.3 is 10.2 Å². The number of aromatic carboxylic acids is 1. The van der Waals surface area contributed by atoms with Gasteiger partial charge in [-0.2, -0.15) is 0 Å². The molecule has 1 aromatic rings. The van der Waals surface area contributed by atoms with E-state index in [9.17, 15) is 15.0 Å². The molecule has 3 nitrogen and oxygen atoms in total. The lowest BCUT2D eigenvalue weighted by Gasteiger charge is -2.32. The van der Waals surface area contributed by atoms with Gasteiger partial charge in [0.05, 0.1) is 0 Å². The number of hydrogen-bond acceptors (Lipinski definition) is 2. The van der Waals surface area contributed by atoms with Gasteiger partial charge in [0, 0.05) is 0 Å². The average molecular weight is 340 g/mol. The van der Waals surface area contributed by atoms with Crippen molar-refractivity contribution in [2.24, 2.45) is 11.3 Å². The Morgan fingerprint density at radius 1 is 1.16 bits per heavy atom. The summed E-state index contributed by atoms with van der Waals surface area (Å²) in [6, 6.07) is 3.71. The van der Waals surface area contributed by atoms with Crippen molar-refractivity contribution < 1.29 is 15.0 Å². The number of allylic oxidation sites excluding steroid dienone is 4. The Morgan fingerprint density at radius 3 is 2.52 bits per heavy atom. The summed E-state index contributed by atoms with van der Waals surface area (Å²) in [6.07, 6.45) is 14.9. The normalized spacial score (nSPS) is 22.9. The zero-order valence-corrected chi connectivity index (χ0v) is 15.2. The predicted octanol–water partition coefficient (Wildman–Crippen LogP) is 5.45. The third-order valence-corrected chi connectivity index (χ3v) is 5.87. The molecule has 0 aliphatic heterocycles. The van der Waals surface area contributed by atoms with Crippen LogP contribution in [0.4, 0.5) is 0 Å². The fourth-order valence-electron chi connectivity index (χ4n) is 4.18. The van der Waals surface area contributed by atoms with E-state index in [1.165, 1.54) is 6.42 Å². The van der Waals surface area contributed by atoms with Crippen LogP contribution in [0.25, 0.3) is 0 Å². The third-order valence-electron chi connectivity index (χ3n) is 5.87. The smallest absolute Gasteiger partial charge is 0.339 e. The Kier molecular flexibility index (Phi) is 5.03. The van der Waals surface area contributed by atoms with Crippen molar-refractivity contribution in [2.45, 2.75) is 58.3 Å². The molecular weight excluding hydrogens is 312 g/mol. The standard InChI is InChI=1S/C22H28O3/c1-22(2)11-7-6-10-17(22)12-15-13-18(16-8-4-3-5-9-16)20(23)19(14-15)21(24)25/h6-7,10-11,13-14,16-17,23H,3-5,8-9,12H2,1-2H3,(H,24,25). The largest absolute Gasteiger partial charge is 0.507 e. The molecule has 1 aromatic carbocycles. The molecule has 25 heavy (non-hydrogen) atoms. The third kappa shape index (κ3) is 3.81. The molecule has 2 aliphatic carbocycles. The van der Waals surface area contributed by atoms with Crippen LogP contribution in [0.5, 0.6) is 5.75 Å². The zero-order chi connectivity index (χ0) is 18.0. The van der Waals surface area contributed by atoms with E-state index in [2.05, 4.69) is 44.2 Å². The van der Waals surface area contributed by atoms with E-state index in [1.54, 1.807) is 6.07 Å². The number of carboxylic acids is 1. The van der Waals surface area contributed by atoms with E-state index in [4.69, 9.17) is 0 Å². The number of phenols is 1. The first-order chi connectivity index (χ1) is 11.9. The molecule has 0 spiro atoms. The van der Waals surface area contributed by atoms with Gasteiger partial charge in [-0.05, 0) is 53.7 Å². The highest BCUT2D eigenvalue weighted by molar-refractivity contribution is 5.91. The molecular formula is C22H28O3. The van der Waals surface area contributed by atoms with E-state index >= 15 is 0 Å². The first-order valence-corrected chi connectivity index (χ1v) is 9.33. The van der Waals surface area contributed by atoms with Gasteiger partial charge in [-0.1, -0.05) is 63.5 Å². The van der Waals surface area contributed by atoms with Crippen molar-refractivity contribution in [1.82, 2.24) is 0 Å². The SMILES string of the molecule is CC1(C)C=CC=CC1Cc1cc(C(=O)O)c(O)c(C2CCCCC2)c1. The molecule has 0 amide bonds. The maximum Gasteiger partial charge on any atom is 0.339 e. The van der Waals surface area contributed by atoms with Crippen molar-refractivity contribution in [1.29, 1.82) is 0 Å². The lowest BCUT2D eigenvalue weighted by Crippen LogP contribution is -2.24. The van der Waals surface area contributed by atoms with Crippen LogP contribution in [0.1, 0.15) is 73.4 Å². The van der Waals surface area contributed by atoms with Gasteiger partial charge in [0.1, 0.15) is 11.3 Å². The second-order valence-corrected chi connectivity index (χ2v) is 8.10. The summed E-state index contributed by atoms with van der Waals surface area (Å²) in [6.45, 7) is 4.41. The van der Waals surface area contributed by atoms with E-state index in [-0.39, 0.29) is 22.6 Å². The van der Waals surface area contributed by atoms with Gasteiger partial charge >= 0.3 is 5.97 Å². The predicted molar refractivity (Wildman–Crippen MR) is 100 cm³/mol. The Morgan fingerprint density at radius 2 is 1.88 bits per heavy atom. The highest BCUT2D eigenvalue weighted by atomic mass is 16.4. The van der Waals surface area contributed by atoms with Gasteiger partial charge in [-0.3, -0.25) is 0 Å². The number of hydrogen-bond donors (Lipinski definition) is 2. The highest BCUT2D eigenvalue weighted by Crippen LogP contribution is 2.41. The number of benzene rings is 1. The summed E-state index contributed by atoms with van der Waals surface area (Å²) in [4.78, 5) is 11.6. The molecule has 1 fully saturated rings. The van der Waals surface area contributed by atoms with Crippen LogP contribution >= 0.6 is 0 Å². The van der Waals surface area contributed by atoms with Crippen LogP contribution in [0, 0.1) is 11.3 Å². The number of rotatable bonds is 4. The van der Waals surface area contributed by atoms with Crippen LogP contribution in [-0.2, 0) is 6.42 Å². The van der Waals surface area contributed by atoms with Gasteiger partial charge in [0.25, 0.3) is 0 Å². The quantitative estimate of drug-likeness (QED) is 0.766. The molecule has 0 aromatic heterocycles. The summed E-state index contributed by atoms with van der Waals surface area (Å²) >= 11 is 0. The minimum atomic E-state index is -1.05. The minimum Gasteiger partial charge on any atom is -0.507 e. The van der Waals surface area contributed by atoms with Crippen molar-refractivity contribution >= 4 is 5.97 Å². The molecule has 3 rings (SSSR count). The Balaban J connectivity index is 1.96. The maximum atomic E-state index is 11.6. The molecule has 3 heteroatoms. The monoisotopic (exact) mass is 340 g/mol. The van der Waals surface area contributed by atoms with Crippen LogP contribution < -0.4 is 0 Å². The Labute approximate surface area is 150 Å². The Bertz CT molecular complexity index is 706. The van der Waals surface area contributed by atoms with Crippen molar-refractivity contribution in [3.05, 3.63) is 53.1 Å². The number of carboxylic acid groups (broad SMARTS) is 1. The zero-order valence-electron chi connectivity index (χ0n) is 15.2. The molecule has 0 bridgehead atoms. The molecule has 1 atom stereocenters. The molecule has 1 saturated carbocycles. The second kappa shape index (κ2) is 7.07. The lowest BCUT2D eigenvalue weighted by atomic mass is 9.73. The molecule has 134 valence electrons. The molecule has 2 N–H and O–H groups in total. The summed E-state index contributed by atoms with van der Waals surface area (Å²) in [7, 11) is 0. The van der Waals surface area contributed by atoms with Crippen molar-refractivity contribution in [3.63, 3.8) is 0 Å². The first kappa shape index (κ1) is 17.8. The van der Waals surface area contributed by atoms with Crippen molar-refractivity contribution in [3.8, 4) is 5.75 Å². The van der Waals surface area contributed by atoms with Crippen LogP contribution in [0.2, 0.25) is 0 Å². The fraction of sp³-hybridized carbons (Fsp3) is 0.500. The van der Waals surface area contributed by atoms with E-state index in [0.717, 1.165) is 43.2 Å². The number of carbonyl (C=O) groups is 1. The van der Waals surface area contributed by atoms with Gasteiger partial charge in [-0.25, -0.2) is 4.79 Å². The molecule has 1 unspecified atom stereocenters. The van der Waals surface area contributed by atoms with E-state index < -0.39 is 5.97 Å². The summed E-state index contributed by atoms with van der Waals surface area (Å²) in [5, 5.41) is 20.1. The second-order valence-electron chi connectivity index (χ2n) is 8.10. The summed E-state index contributed by atoms with van der Waals surface area (Å²) in [5.41, 5.74) is 1.93. The average Bonchev–Trinajstić information content (AvgIpc) is 2.58. The highest BCUT2D eigenvalue weighted by Gasteiger charge is 2.28. The van der Waals surface area contributed by atoms with Gasteiger partial charge in [-0.15, -0.1) is 0 Å². The van der Waals surface area contributed by atoms with Gasteiger partial charge in [0.2, 0.25) is 0 Å². The van der Waals surface area contributed by atoms with Crippen LogP contribution in [0.15, 0.2) is 36.4 Å².